The summed E-state index contributed by atoms with van der Waals surface area (Å²) in [5, 5.41) is 12.5. The van der Waals surface area contributed by atoms with Crippen LogP contribution in [0.3, 0.4) is 0 Å². The first-order valence-corrected chi connectivity index (χ1v) is 10.7. The van der Waals surface area contributed by atoms with Gasteiger partial charge < -0.3 is 19.9 Å². The Morgan fingerprint density at radius 2 is 1.94 bits per heavy atom. The first-order chi connectivity index (χ1) is 14.9. The average molecular weight is 441 g/mol. The van der Waals surface area contributed by atoms with Crippen LogP contribution in [0.2, 0.25) is 0 Å². The van der Waals surface area contributed by atoms with Gasteiger partial charge in [-0.05, 0) is 67.9 Å². The molecule has 0 bridgehead atoms. The van der Waals surface area contributed by atoms with Crippen molar-refractivity contribution in [1.82, 2.24) is 5.32 Å². The van der Waals surface area contributed by atoms with Crippen molar-refractivity contribution in [2.45, 2.75) is 33.3 Å². The highest BCUT2D eigenvalue weighted by Crippen LogP contribution is 2.33. The second-order valence-corrected chi connectivity index (χ2v) is 7.84. The second kappa shape index (κ2) is 10.2. The summed E-state index contributed by atoms with van der Waals surface area (Å²) in [5.41, 5.74) is 2.63. The molecule has 31 heavy (non-hydrogen) atoms. The molecule has 1 atom stereocenters. The Balaban J connectivity index is 1.82. The van der Waals surface area contributed by atoms with Gasteiger partial charge >= 0.3 is 5.97 Å². The fourth-order valence-corrected chi connectivity index (χ4v) is 3.65. The number of carboxylic acid groups (broad SMARTS) is 1. The largest absolute Gasteiger partial charge is 0.490 e. The molecule has 2 aromatic carbocycles. The lowest BCUT2D eigenvalue weighted by atomic mass is 10.1. The van der Waals surface area contributed by atoms with E-state index in [0.717, 1.165) is 16.8 Å². The third kappa shape index (κ3) is 5.88. The molecule has 1 heterocycles. The summed E-state index contributed by atoms with van der Waals surface area (Å²) in [6.45, 7) is 5.96. The van der Waals surface area contributed by atoms with E-state index in [9.17, 15) is 14.7 Å². The van der Waals surface area contributed by atoms with Gasteiger partial charge in [0.25, 0.3) is 5.91 Å². The van der Waals surface area contributed by atoms with E-state index >= 15 is 0 Å². The lowest BCUT2D eigenvalue weighted by Gasteiger charge is -2.16. The number of amides is 1. The summed E-state index contributed by atoms with van der Waals surface area (Å²) in [4.78, 5) is 28.6. The van der Waals surface area contributed by atoms with Crippen LogP contribution in [0.4, 0.5) is 5.69 Å². The zero-order valence-electron chi connectivity index (χ0n) is 17.5. The van der Waals surface area contributed by atoms with Gasteiger partial charge in [0.1, 0.15) is 0 Å². The van der Waals surface area contributed by atoms with E-state index in [4.69, 9.17) is 9.47 Å². The summed E-state index contributed by atoms with van der Waals surface area (Å²) in [7, 11) is 0. The van der Waals surface area contributed by atoms with Crippen LogP contribution < -0.4 is 14.8 Å². The highest BCUT2D eigenvalue weighted by atomic mass is 32.2. The van der Waals surface area contributed by atoms with Crippen LogP contribution in [-0.4, -0.2) is 34.9 Å². The van der Waals surface area contributed by atoms with Gasteiger partial charge in [-0.25, -0.2) is 9.79 Å². The molecule has 0 saturated carbocycles. The van der Waals surface area contributed by atoms with Gasteiger partial charge in [-0.3, -0.25) is 4.79 Å². The molecule has 7 nitrogen and oxygen atoms in total. The van der Waals surface area contributed by atoms with Gasteiger partial charge in [0.05, 0.1) is 17.2 Å². The minimum absolute atomic E-state index is 0.230. The second-order valence-electron chi connectivity index (χ2n) is 6.81. The highest BCUT2D eigenvalue weighted by molar-refractivity contribution is 8.18. The summed E-state index contributed by atoms with van der Waals surface area (Å²) >= 11 is 1.25. The summed E-state index contributed by atoms with van der Waals surface area (Å²) in [6, 6.07) is 12.8. The number of hydrogen-bond acceptors (Lipinski definition) is 6. The van der Waals surface area contributed by atoms with Crippen molar-refractivity contribution in [2.75, 3.05) is 6.61 Å². The number of thioether (sulfide) groups is 1. The third-order valence-corrected chi connectivity index (χ3v) is 5.31. The molecule has 1 saturated heterocycles. The Morgan fingerprint density at radius 3 is 2.58 bits per heavy atom. The normalized spacial score (nSPS) is 16.9. The molecule has 0 aliphatic carbocycles. The smallest absolute Gasteiger partial charge is 0.344 e. The van der Waals surface area contributed by atoms with Crippen LogP contribution >= 0.6 is 11.8 Å². The van der Waals surface area contributed by atoms with E-state index in [2.05, 4.69) is 10.3 Å². The number of nitrogens with zero attached hydrogens (tertiary/aromatic N) is 1. The molecule has 8 heteroatoms. The van der Waals surface area contributed by atoms with Crippen LogP contribution in [0.15, 0.2) is 52.4 Å². The number of carboxylic acids is 1. The maximum Gasteiger partial charge on any atom is 0.344 e. The number of benzene rings is 2. The monoisotopic (exact) mass is 440 g/mol. The minimum atomic E-state index is -1.03. The molecule has 3 rings (SSSR count). The number of carbonyl (C=O) groups is 2. The highest BCUT2D eigenvalue weighted by Gasteiger charge is 2.24. The molecule has 1 fully saturated rings. The molecule has 2 N–H and O–H groups in total. The number of rotatable bonds is 8. The number of amidine groups is 1. The molecule has 1 aliphatic heterocycles. The quantitative estimate of drug-likeness (QED) is 0.586. The molecule has 0 spiro atoms. The maximum absolute atomic E-state index is 12.4. The Bertz CT molecular complexity index is 1030. The number of hydrogen-bond donors (Lipinski definition) is 2. The van der Waals surface area contributed by atoms with E-state index < -0.39 is 12.1 Å². The number of aliphatic carboxylic acids is 1. The van der Waals surface area contributed by atoms with Crippen molar-refractivity contribution in [3.05, 3.63) is 58.5 Å². The van der Waals surface area contributed by atoms with Crippen molar-refractivity contribution in [1.29, 1.82) is 0 Å². The SMILES string of the molecule is CCOc1cc(/C=C2/SC(=Nc3ccc(C)cc3)NC2=O)ccc1OC(CC)C(=O)O. The minimum Gasteiger partial charge on any atom is -0.490 e. The van der Waals surface area contributed by atoms with Crippen LogP contribution in [0.5, 0.6) is 11.5 Å². The van der Waals surface area contributed by atoms with E-state index in [1.807, 2.05) is 38.1 Å². The predicted molar refractivity (Wildman–Crippen MR) is 122 cm³/mol. The van der Waals surface area contributed by atoms with E-state index in [1.165, 1.54) is 11.8 Å². The van der Waals surface area contributed by atoms with Gasteiger partial charge in [0.2, 0.25) is 0 Å². The number of ether oxygens (including phenoxy) is 2. The number of nitrogens with one attached hydrogen (secondary N) is 1. The van der Waals surface area contributed by atoms with E-state index in [0.29, 0.717) is 34.6 Å². The fraction of sp³-hybridized carbons (Fsp3) is 0.261. The van der Waals surface area contributed by atoms with E-state index in [-0.39, 0.29) is 5.91 Å². The van der Waals surface area contributed by atoms with Crippen molar-refractivity contribution < 1.29 is 24.2 Å². The van der Waals surface area contributed by atoms with Crippen molar-refractivity contribution in [3.63, 3.8) is 0 Å². The molecule has 2 aromatic rings. The third-order valence-electron chi connectivity index (χ3n) is 4.40. The van der Waals surface area contributed by atoms with Gasteiger partial charge in [0, 0.05) is 0 Å². The molecular weight excluding hydrogens is 416 g/mol. The summed E-state index contributed by atoms with van der Waals surface area (Å²) in [5.74, 6) is -0.487. The van der Waals surface area contributed by atoms with Crippen LogP contribution in [0.1, 0.15) is 31.4 Å². The summed E-state index contributed by atoms with van der Waals surface area (Å²) < 4.78 is 11.2. The predicted octanol–water partition coefficient (Wildman–Crippen LogP) is 4.53. The van der Waals surface area contributed by atoms with Gasteiger partial charge in [0.15, 0.2) is 22.8 Å². The zero-order chi connectivity index (χ0) is 22.4. The van der Waals surface area contributed by atoms with Gasteiger partial charge in [-0.15, -0.1) is 0 Å². The molecule has 162 valence electrons. The lowest BCUT2D eigenvalue weighted by Crippen LogP contribution is -2.26. The molecule has 0 radical (unpaired) electrons. The Labute approximate surface area is 185 Å². The van der Waals surface area contributed by atoms with Crippen LogP contribution in [0, 0.1) is 6.92 Å². The molecular formula is C23H24N2O5S. The van der Waals surface area contributed by atoms with Crippen molar-refractivity contribution in [3.8, 4) is 11.5 Å². The standard InChI is InChI=1S/C23H24N2O5S/c1-4-17(22(27)28)30-18-11-8-15(12-19(18)29-5-2)13-20-21(26)25-23(31-20)24-16-9-6-14(3)7-10-16/h6-13,17H,4-5H2,1-3H3,(H,27,28)(H,24,25,26)/b20-13+. The maximum atomic E-state index is 12.4. The molecule has 1 amide bonds. The van der Waals surface area contributed by atoms with Gasteiger partial charge in [-0.1, -0.05) is 30.7 Å². The molecule has 0 aromatic heterocycles. The Hall–Kier alpha value is -3.26. The number of carbonyl (C=O) groups excluding carboxylic acids is 1. The molecule has 1 unspecified atom stereocenters. The average Bonchev–Trinajstić information content (AvgIpc) is 3.07. The van der Waals surface area contributed by atoms with Crippen LogP contribution in [0.25, 0.3) is 6.08 Å². The summed E-state index contributed by atoms with van der Waals surface area (Å²) in [6.07, 6.45) is 1.10. The van der Waals surface area contributed by atoms with Crippen molar-refractivity contribution in [2.24, 2.45) is 4.99 Å². The first kappa shape index (κ1) is 22.4. The zero-order valence-corrected chi connectivity index (χ0v) is 18.4. The Kier molecular flexibility index (Phi) is 7.36. The van der Waals surface area contributed by atoms with Crippen LogP contribution in [-0.2, 0) is 9.59 Å². The first-order valence-electron chi connectivity index (χ1n) is 9.92. The van der Waals surface area contributed by atoms with Gasteiger partial charge in [-0.2, -0.15) is 0 Å². The topological polar surface area (TPSA) is 97.2 Å². The van der Waals surface area contributed by atoms with E-state index in [1.54, 1.807) is 31.2 Å². The lowest BCUT2D eigenvalue weighted by molar-refractivity contribution is -0.145. The number of aryl methyl sites for hydroxylation is 1. The van der Waals surface area contributed by atoms with Crippen molar-refractivity contribution >= 4 is 40.6 Å². The fourth-order valence-electron chi connectivity index (χ4n) is 2.81. The number of aliphatic imine (C=N–C) groups is 1. The Morgan fingerprint density at radius 1 is 1.19 bits per heavy atom. The molecule has 1 aliphatic rings.